The number of aliphatic hydroxyl groups excluding tert-OH is 2. The lowest BCUT2D eigenvalue weighted by atomic mass is 9.43. The van der Waals surface area contributed by atoms with Gasteiger partial charge in [-0.3, -0.25) is 9.59 Å². The van der Waals surface area contributed by atoms with Gasteiger partial charge in [-0.15, -0.1) is 0 Å². The number of carbonyl (C=O) groups is 4. The van der Waals surface area contributed by atoms with Crippen LogP contribution in [0.25, 0.3) is 0 Å². The van der Waals surface area contributed by atoms with Crippen molar-refractivity contribution in [3.63, 3.8) is 0 Å². The first-order chi connectivity index (χ1) is 25.3. The number of carboxylic acids is 1. The third-order valence-electron chi connectivity index (χ3n) is 14.1. The molecule has 2 amide bonds. The van der Waals surface area contributed by atoms with Gasteiger partial charge in [-0.25, -0.2) is 9.59 Å². The molecular formula is C43H58N2O8. The Morgan fingerprint density at radius 2 is 1.57 bits per heavy atom. The number of carbonyl (C=O) groups excluding carboxylic acids is 3. The van der Waals surface area contributed by atoms with Crippen LogP contribution in [0.15, 0.2) is 54.6 Å². The molecule has 4 saturated carbocycles. The van der Waals surface area contributed by atoms with Crippen LogP contribution in [0.1, 0.15) is 114 Å². The standard InChI is InChI=1S/C43H58N2O8/c1-26(32-13-14-33-39-34(19-21-43(32,33)3)42(2)20-18-31(46)23-29(42)24-36(39)47)12-16-38(49)45-35(41(52)53-25-27-8-5-4-6-9-27)15-17-37(48)44-30-11-7-10-28(22-30)40(50)51/h4-11,22,26,29,31-36,39,46-47H,12-21,23-25H2,1-3H3,(H,44,48)(H,45,49)(H,50,51)/t26-,29+,31-,32-,33+,34+,35+,36-,39+,42+,43-/m1/s1. The maximum Gasteiger partial charge on any atom is 0.335 e. The van der Waals surface area contributed by atoms with Gasteiger partial charge in [0.05, 0.1) is 17.8 Å². The Morgan fingerprint density at radius 1 is 0.849 bits per heavy atom. The van der Waals surface area contributed by atoms with E-state index in [9.17, 15) is 34.5 Å². The number of benzene rings is 2. The minimum atomic E-state index is -1.11. The summed E-state index contributed by atoms with van der Waals surface area (Å²) in [6, 6.07) is 14.2. The van der Waals surface area contributed by atoms with Crippen molar-refractivity contribution in [1.29, 1.82) is 0 Å². The van der Waals surface area contributed by atoms with Crippen LogP contribution in [0.3, 0.4) is 0 Å². The number of esters is 1. The zero-order chi connectivity index (χ0) is 37.9. The van der Waals surface area contributed by atoms with Gasteiger partial charge in [0.15, 0.2) is 0 Å². The normalized spacial score (nSPS) is 33.0. The number of carboxylic acid groups (broad SMARTS) is 1. The van der Waals surface area contributed by atoms with Crippen LogP contribution in [0.5, 0.6) is 0 Å². The molecule has 4 aliphatic rings. The van der Waals surface area contributed by atoms with Crippen molar-refractivity contribution in [2.75, 3.05) is 5.32 Å². The van der Waals surface area contributed by atoms with Gasteiger partial charge in [-0.05, 0) is 134 Å². The van der Waals surface area contributed by atoms with Gasteiger partial charge in [-0.1, -0.05) is 57.2 Å². The van der Waals surface area contributed by atoms with E-state index in [1.165, 1.54) is 12.1 Å². The number of fused-ring (bicyclic) bond motifs is 5. The second-order valence-corrected chi connectivity index (χ2v) is 17.2. The van der Waals surface area contributed by atoms with Gasteiger partial charge in [-0.2, -0.15) is 0 Å². The second-order valence-electron chi connectivity index (χ2n) is 17.2. The van der Waals surface area contributed by atoms with Crippen LogP contribution < -0.4 is 10.6 Å². The van der Waals surface area contributed by atoms with Crippen molar-refractivity contribution in [3.05, 3.63) is 65.7 Å². The van der Waals surface area contributed by atoms with E-state index in [2.05, 4.69) is 31.4 Å². The SMILES string of the molecule is C[C@H](CCC(=O)N[C@@H](CCC(=O)Nc1cccc(C(=O)O)c1)C(=O)OCc1ccccc1)[C@H]1CC[C@H]2[C@@H]3[C@H](O)C[C@@H]4C[C@H](O)CC[C@]4(C)[C@H]3CC[C@]12C. The van der Waals surface area contributed by atoms with Crippen LogP contribution in [0, 0.1) is 46.3 Å². The fourth-order valence-corrected chi connectivity index (χ4v) is 11.3. The zero-order valence-electron chi connectivity index (χ0n) is 31.5. The van der Waals surface area contributed by atoms with Crippen LogP contribution in [0.4, 0.5) is 5.69 Å². The van der Waals surface area contributed by atoms with E-state index in [1.807, 2.05) is 30.3 Å². The molecule has 4 aliphatic carbocycles. The van der Waals surface area contributed by atoms with E-state index < -0.39 is 23.9 Å². The molecule has 0 unspecified atom stereocenters. The highest BCUT2D eigenvalue weighted by Gasteiger charge is 2.62. The summed E-state index contributed by atoms with van der Waals surface area (Å²) in [5.41, 5.74) is 1.45. The summed E-state index contributed by atoms with van der Waals surface area (Å²) in [5.74, 6) is -0.0989. The molecule has 0 aliphatic heterocycles. The number of ether oxygens (including phenoxy) is 1. The summed E-state index contributed by atoms with van der Waals surface area (Å²) in [5, 5.41) is 36.9. The van der Waals surface area contributed by atoms with Gasteiger partial charge in [0.1, 0.15) is 12.6 Å². The number of aliphatic hydroxyl groups is 2. The fraction of sp³-hybridized carbons (Fsp3) is 0.628. The minimum absolute atomic E-state index is 0.0192. The molecule has 0 bridgehead atoms. The molecule has 11 atom stereocenters. The van der Waals surface area contributed by atoms with Crippen molar-refractivity contribution in [1.82, 2.24) is 5.32 Å². The lowest BCUT2D eigenvalue weighted by Gasteiger charge is -2.62. The molecule has 4 fully saturated rings. The van der Waals surface area contributed by atoms with Crippen molar-refractivity contribution in [2.24, 2.45) is 46.3 Å². The Labute approximate surface area is 313 Å². The number of aromatic carboxylic acids is 1. The van der Waals surface area contributed by atoms with Gasteiger partial charge in [0.25, 0.3) is 0 Å². The maximum atomic E-state index is 13.4. The summed E-state index contributed by atoms with van der Waals surface area (Å²) < 4.78 is 5.58. The summed E-state index contributed by atoms with van der Waals surface area (Å²) in [6.07, 6.45) is 8.16. The van der Waals surface area contributed by atoms with E-state index in [0.29, 0.717) is 35.8 Å². The zero-order valence-corrected chi connectivity index (χ0v) is 31.5. The topological polar surface area (TPSA) is 162 Å². The van der Waals surface area contributed by atoms with Crippen molar-refractivity contribution >= 4 is 29.4 Å². The predicted molar refractivity (Wildman–Crippen MR) is 200 cm³/mol. The maximum absolute atomic E-state index is 13.4. The Hall–Kier alpha value is -3.76. The predicted octanol–water partition coefficient (Wildman–Crippen LogP) is 6.74. The van der Waals surface area contributed by atoms with Gasteiger partial charge < -0.3 is 30.7 Å². The van der Waals surface area contributed by atoms with E-state index >= 15 is 0 Å². The molecule has 6 rings (SSSR count). The third kappa shape index (κ3) is 8.49. The molecule has 0 heterocycles. The van der Waals surface area contributed by atoms with Crippen LogP contribution >= 0.6 is 0 Å². The van der Waals surface area contributed by atoms with Crippen molar-refractivity contribution < 1.29 is 39.2 Å². The highest BCUT2D eigenvalue weighted by atomic mass is 16.5. The van der Waals surface area contributed by atoms with Crippen LogP contribution in [-0.2, 0) is 25.7 Å². The lowest BCUT2D eigenvalue weighted by Crippen LogP contribution is -2.58. The average molecular weight is 731 g/mol. The largest absolute Gasteiger partial charge is 0.478 e. The number of nitrogens with one attached hydrogen (secondary N) is 2. The molecule has 2 aromatic carbocycles. The first-order valence-corrected chi connectivity index (χ1v) is 19.8. The monoisotopic (exact) mass is 730 g/mol. The molecule has 0 radical (unpaired) electrons. The Bertz CT molecular complexity index is 1630. The number of hydrogen-bond donors (Lipinski definition) is 5. The summed E-state index contributed by atoms with van der Waals surface area (Å²) in [7, 11) is 0. The molecule has 10 nitrogen and oxygen atoms in total. The average Bonchev–Trinajstić information content (AvgIpc) is 3.49. The fourth-order valence-electron chi connectivity index (χ4n) is 11.3. The van der Waals surface area contributed by atoms with Gasteiger partial charge in [0, 0.05) is 18.5 Å². The molecule has 0 spiro atoms. The van der Waals surface area contributed by atoms with E-state index in [4.69, 9.17) is 4.74 Å². The van der Waals surface area contributed by atoms with E-state index in [0.717, 1.165) is 56.9 Å². The molecule has 2 aromatic rings. The minimum Gasteiger partial charge on any atom is -0.478 e. The Morgan fingerprint density at radius 3 is 2.32 bits per heavy atom. The van der Waals surface area contributed by atoms with Crippen LogP contribution in [0.2, 0.25) is 0 Å². The molecule has 0 saturated heterocycles. The highest BCUT2D eigenvalue weighted by molar-refractivity contribution is 5.94. The smallest absolute Gasteiger partial charge is 0.335 e. The summed E-state index contributed by atoms with van der Waals surface area (Å²) in [6.45, 7) is 7.14. The number of rotatable bonds is 13. The lowest BCUT2D eigenvalue weighted by molar-refractivity contribution is -0.174. The molecular weight excluding hydrogens is 672 g/mol. The molecule has 288 valence electrons. The summed E-state index contributed by atoms with van der Waals surface area (Å²) in [4.78, 5) is 50.9. The first kappa shape index (κ1) is 38.9. The Kier molecular flexibility index (Phi) is 12.0. The highest BCUT2D eigenvalue weighted by Crippen LogP contribution is 2.68. The van der Waals surface area contributed by atoms with E-state index in [-0.39, 0.29) is 72.2 Å². The Balaban J connectivity index is 1.05. The first-order valence-electron chi connectivity index (χ1n) is 19.8. The molecule has 10 heteroatoms. The van der Waals surface area contributed by atoms with Gasteiger partial charge in [0.2, 0.25) is 11.8 Å². The number of amides is 2. The molecule has 0 aromatic heterocycles. The number of hydrogen-bond acceptors (Lipinski definition) is 7. The van der Waals surface area contributed by atoms with E-state index in [1.54, 1.807) is 12.1 Å². The second kappa shape index (κ2) is 16.3. The molecule has 53 heavy (non-hydrogen) atoms. The quantitative estimate of drug-likeness (QED) is 0.142. The van der Waals surface area contributed by atoms with Gasteiger partial charge >= 0.3 is 11.9 Å². The van der Waals surface area contributed by atoms with Crippen LogP contribution in [-0.4, -0.2) is 57.3 Å². The van der Waals surface area contributed by atoms with Crippen molar-refractivity contribution in [3.8, 4) is 0 Å². The third-order valence-corrected chi connectivity index (χ3v) is 14.1. The van der Waals surface area contributed by atoms with Crippen molar-refractivity contribution in [2.45, 2.75) is 123 Å². The number of anilines is 1. The summed E-state index contributed by atoms with van der Waals surface area (Å²) >= 11 is 0. The molecule has 5 N–H and O–H groups in total.